The van der Waals surface area contributed by atoms with Gasteiger partial charge in [0.05, 0.1) is 10.5 Å². The lowest BCUT2D eigenvalue weighted by atomic mass is 10.1. The second-order valence-corrected chi connectivity index (χ2v) is 9.41. The number of carbonyl (C=O) groups is 2. The molecule has 1 fully saturated rings. The first-order chi connectivity index (χ1) is 13.7. The summed E-state index contributed by atoms with van der Waals surface area (Å²) in [6.45, 7) is 5.21. The molecule has 7 nitrogen and oxygen atoms in total. The molecule has 2 rings (SSSR count). The molecule has 0 unspecified atom stereocenters. The van der Waals surface area contributed by atoms with Crippen LogP contribution in [0.1, 0.15) is 76.1 Å². The summed E-state index contributed by atoms with van der Waals surface area (Å²) in [5.74, 6) is -0.963. The van der Waals surface area contributed by atoms with E-state index in [4.69, 9.17) is 4.74 Å². The predicted octanol–water partition coefficient (Wildman–Crippen LogP) is 3.15. The highest BCUT2D eigenvalue weighted by atomic mass is 32.2. The van der Waals surface area contributed by atoms with Crippen molar-refractivity contribution in [3.05, 3.63) is 29.8 Å². The minimum absolute atomic E-state index is 0.0773. The molecule has 0 heterocycles. The number of rotatable bonds is 8. The van der Waals surface area contributed by atoms with Crippen LogP contribution in [0.2, 0.25) is 0 Å². The van der Waals surface area contributed by atoms with Gasteiger partial charge < -0.3 is 10.1 Å². The Kier molecular flexibility index (Phi) is 8.64. The SMILES string of the molecule is CC[C@H](C)NS(=O)(=O)c1ccc(C(=O)O[C@@H](C)C(=O)NC2CCCCCC2)cc1. The fourth-order valence-electron chi connectivity index (χ4n) is 3.21. The molecule has 0 saturated heterocycles. The lowest BCUT2D eigenvalue weighted by molar-refractivity contribution is -0.129. The van der Waals surface area contributed by atoms with Crippen LogP contribution < -0.4 is 10.0 Å². The minimum atomic E-state index is -3.64. The van der Waals surface area contributed by atoms with E-state index in [0.29, 0.717) is 6.42 Å². The van der Waals surface area contributed by atoms with Crippen LogP contribution >= 0.6 is 0 Å². The number of ether oxygens (including phenoxy) is 1. The molecule has 1 aliphatic carbocycles. The molecular weight excluding hydrogens is 392 g/mol. The Morgan fingerprint density at radius 1 is 1.07 bits per heavy atom. The molecule has 1 amide bonds. The maximum atomic E-state index is 12.3. The summed E-state index contributed by atoms with van der Waals surface area (Å²) >= 11 is 0. The zero-order valence-electron chi connectivity index (χ0n) is 17.4. The fourth-order valence-corrected chi connectivity index (χ4v) is 4.54. The van der Waals surface area contributed by atoms with Crippen LogP contribution in [-0.2, 0) is 19.6 Å². The van der Waals surface area contributed by atoms with Crippen LogP contribution in [-0.4, -0.2) is 38.5 Å². The van der Waals surface area contributed by atoms with E-state index in [2.05, 4.69) is 10.0 Å². The smallest absolute Gasteiger partial charge is 0.338 e. The van der Waals surface area contributed by atoms with Gasteiger partial charge in [0.2, 0.25) is 10.0 Å². The molecule has 1 aromatic rings. The zero-order chi connectivity index (χ0) is 21.4. The van der Waals surface area contributed by atoms with Crippen LogP contribution in [0.15, 0.2) is 29.2 Å². The number of benzene rings is 1. The fraction of sp³-hybridized carbons (Fsp3) is 0.619. The topological polar surface area (TPSA) is 102 Å². The van der Waals surface area contributed by atoms with Crippen molar-refractivity contribution in [1.82, 2.24) is 10.0 Å². The first-order valence-electron chi connectivity index (χ1n) is 10.4. The van der Waals surface area contributed by atoms with Crippen molar-refractivity contribution in [2.45, 2.75) is 88.8 Å². The van der Waals surface area contributed by atoms with Crippen molar-refractivity contribution < 1.29 is 22.7 Å². The van der Waals surface area contributed by atoms with Gasteiger partial charge in [0.1, 0.15) is 0 Å². The highest BCUT2D eigenvalue weighted by Gasteiger charge is 2.23. The van der Waals surface area contributed by atoms with E-state index in [0.717, 1.165) is 25.7 Å². The van der Waals surface area contributed by atoms with E-state index >= 15 is 0 Å². The molecule has 29 heavy (non-hydrogen) atoms. The number of carbonyl (C=O) groups excluding carboxylic acids is 2. The van der Waals surface area contributed by atoms with Crippen LogP contribution in [0.5, 0.6) is 0 Å². The first kappa shape index (κ1) is 23.3. The average molecular weight is 425 g/mol. The second kappa shape index (κ2) is 10.7. The molecule has 0 bridgehead atoms. The number of nitrogens with one attached hydrogen (secondary N) is 2. The number of esters is 1. The molecule has 0 aliphatic heterocycles. The summed E-state index contributed by atoms with van der Waals surface area (Å²) in [6.07, 6.45) is 6.23. The Bertz CT molecular complexity index is 784. The summed E-state index contributed by atoms with van der Waals surface area (Å²) in [5.41, 5.74) is 0.196. The van der Waals surface area contributed by atoms with E-state index in [9.17, 15) is 18.0 Å². The number of amides is 1. The maximum absolute atomic E-state index is 12.3. The van der Waals surface area contributed by atoms with Gasteiger partial charge in [-0.3, -0.25) is 4.79 Å². The summed E-state index contributed by atoms with van der Waals surface area (Å²) in [5, 5.41) is 2.96. The van der Waals surface area contributed by atoms with Crippen LogP contribution in [0.3, 0.4) is 0 Å². The van der Waals surface area contributed by atoms with Gasteiger partial charge in [0, 0.05) is 12.1 Å². The van der Waals surface area contributed by atoms with Gasteiger partial charge in [0.25, 0.3) is 5.91 Å². The molecule has 0 spiro atoms. The summed E-state index contributed by atoms with van der Waals surface area (Å²) in [6, 6.07) is 5.45. The summed E-state index contributed by atoms with van der Waals surface area (Å²) < 4.78 is 32.4. The van der Waals surface area contributed by atoms with Gasteiger partial charge in [-0.05, 0) is 57.4 Å². The normalized spacial score (nSPS) is 17.8. The van der Waals surface area contributed by atoms with Gasteiger partial charge in [-0.25, -0.2) is 17.9 Å². The van der Waals surface area contributed by atoms with Crippen molar-refractivity contribution in [1.29, 1.82) is 0 Å². The van der Waals surface area contributed by atoms with Crippen molar-refractivity contribution >= 4 is 21.9 Å². The minimum Gasteiger partial charge on any atom is -0.449 e. The standard InChI is InChI=1S/C21H32N2O5S/c1-4-15(2)23-29(26,27)19-13-11-17(12-14-19)21(25)28-16(3)20(24)22-18-9-7-5-6-8-10-18/h11-16,18,23H,4-10H2,1-3H3,(H,22,24)/t15-,16-/m0/s1. The van der Waals surface area contributed by atoms with Crippen molar-refractivity contribution in [2.75, 3.05) is 0 Å². The summed E-state index contributed by atoms with van der Waals surface area (Å²) in [7, 11) is -3.64. The first-order valence-corrected chi connectivity index (χ1v) is 11.8. The molecule has 2 atom stereocenters. The van der Waals surface area contributed by atoms with Crippen LogP contribution in [0.4, 0.5) is 0 Å². The molecule has 8 heteroatoms. The third-order valence-corrected chi connectivity index (χ3v) is 6.83. The molecule has 2 N–H and O–H groups in total. The van der Waals surface area contributed by atoms with Crippen LogP contribution in [0, 0.1) is 0 Å². The Morgan fingerprint density at radius 3 is 2.21 bits per heavy atom. The van der Waals surface area contributed by atoms with Gasteiger partial charge in [-0.1, -0.05) is 32.6 Å². The number of hydrogen-bond acceptors (Lipinski definition) is 5. The van der Waals surface area contributed by atoms with Gasteiger partial charge in [-0.2, -0.15) is 0 Å². The number of sulfonamides is 1. The third-order valence-electron chi connectivity index (χ3n) is 5.22. The number of hydrogen-bond donors (Lipinski definition) is 2. The maximum Gasteiger partial charge on any atom is 0.338 e. The molecule has 1 aromatic carbocycles. The molecule has 1 saturated carbocycles. The van der Waals surface area contributed by atoms with Gasteiger partial charge >= 0.3 is 5.97 Å². The Balaban J connectivity index is 1.93. The van der Waals surface area contributed by atoms with Crippen molar-refractivity contribution in [3.63, 3.8) is 0 Å². The lowest BCUT2D eigenvalue weighted by Gasteiger charge is -2.19. The van der Waals surface area contributed by atoms with E-state index < -0.39 is 22.1 Å². The zero-order valence-corrected chi connectivity index (χ0v) is 18.3. The Morgan fingerprint density at radius 2 is 1.66 bits per heavy atom. The van der Waals surface area contributed by atoms with E-state index in [1.807, 2.05) is 6.92 Å². The summed E-state index contributed by atoms with van der Waals surface area (Å²) in [4.78, 5) is 24.7. The van der Waals surface area contributed by atoms with E-state index in [1.54, 1.807) is 13.8 Å². The molecule has 162 valence electrons. The van der Waals surface area contributed by atoms with Crippen molar-refractivity contribution in [2.24, 2.45) is 0 Å². The van der Waals surface area contributed by atoms with E-state index in [-0.39, 0.29) is 28.4 Å². The van der Waals surface area contributed by atoms with Crippen LogP contribution in [0.25, 0.3) is 0 Å². The van der Waals surface area contributed by atoms with Gasteiger partial charge in [-0.15, -0.1) is 0 Å². The monoisotopic (exact) mass is 424 g/mol. The average Bonchev–Trinajstić information content (AvgIpc) is 2.96. The molecule has 1 aliphatic rings. The highest BCUT2D eigenvalue weighted by Crippen LogP contribution is 2.18. The largest absolute Gasteiger partial charge is 0.449 e. The quantitative estimate of drug-likeness (QED) is 0.493. The third kappa shape index (κ3) is 7.12. The second-order valence-electron chi connectivity index (χ2n) is 7.70. The Hall–Kier alpha value is -1.93. The lowest BCUT2D eigenvalue weighted by Crippen LogP contribution is -2.41. The van der Waals surface area contributed by atoms with Crippen molar-refractivity contribution in [3.8, 4) is 0 Å². The molecular formula is C21H32N2O5S. The predicted molar refractivity (Wildman–Crippen MR) is 111 cm³/mol. The molecule has 0 aromatic heterocycles. The Labute approximate surface area is 173 Å². The molecule has 0 radical (unpaired) electrons. The highest BCUT2D eigenvalue weighted by molar-refractivity contribution is 7.89. The van der Waals surface area contributed by atoms with Gasteiger partial charge in [0.15, 0.2) is 6.10 Å². The van der Waals surface area contributed by atoms with E-state index in [1.165, 1.54) is 37.1 Å².